The summed E-state index contributed by atoms with van der Waals surface area (Å²) in [4.78, 5) is 17.9. The molecule has 2 aromatic carbocycles. The van der Waals surface area contributed by atoms with Gasteiger partial charge in [-0.1, -0.05) is 25.1 Å². The molecule has 3 aromatic rings. The second-order valence-corrected chi connectivity index (χ2v) is 6.55. The number of hydrogen-bond donors (Lipinski definition) is 1. The van der Waals surface area contributed by atoms with Gasteiger partial charge in [-0.05, 0) is 54.4 Å². The van der Waals surface area contributed by atoms with Crippen LogP contribution in [0.15, 0.2) is 54.9 Å². The summed E-state index contributed by atoms with van der Waals surface area (Å²) in [5.74, 6) is -0.936. The Kier molecular flexibility index (Phi) is 4.31. The molecule has 0 saturated carbocycles. The number of likely N-dealkylation sites (N-methyl/N-ethyl adjacent to an activating group) is 1. The van der Waals surface area contributed by atoms with E-state index in [-0.39, 0.29) is 5.56 Å². The van der Waals surface area contributed by atoms with E-state index in [1.54, 1.807) is 18.5 Å². The van der Waals surface area contributed by atoms with Gasteiger partial charge in [-0.25, -0.2) is 9.78 Å². The van der Waals surface area contributed by atoms with Gasteiger partial charge in [0, 0.05) is 18.8 Å². The van der Waals surface area contributed by atoms with Crippen LogP contribution in [-0.4, -0.2) is 45.2 Å². The number of rotatable bonds is 4. The number of benzene rings is 2. The molecule has 26 heavy (non-hydrogen) atoms. The number of aromatic nitrogens is 2. The molecular formula is C21H21N3O2. The third-order valence-corrected chi connectivity index (χ3v) is 5.03. The Bertz CT molecular complexity index is 1000. The molecule has 2 heterocycles. The summed E-state index contributed by atoms with van der Waals surface area (Å²) in [6.07, 6.45) is 5.13. The number of carboxylic acid groups (broad SMARTS) is 1. The van der Waals surface area contributed by atoms with Gasteiger partial charge in [0.05, 0.1) is 16.6 Å². The highest BCUT2D eigenvalue weighted by molar-refractivity contribution is 5.92. The van der Waals surface area contributed by atoms with Gasteiger partial charge >= 0.3 is 5.97 Å². The van der Waals surface area contributed by atoms with Crippen molar-refractivity contribution < 1.29 is 9.90 Å². The lowest BCUT2D eigenvalue weighted by Gasteiger charge is -2.25. The third kappa shape index (κ3) is 3.02. The lowest BCUT2D eigenvalue weighted by Crippen LogP contribution is -2.28. The normalized spacial score (nSPS) is 15.2. The van der Waals surface area contributed by atoms with E-state index in [1.807, 2.05) is 10.6 Å². The Balaban J connectivity index is 1.70. The Labute approximate surface area is 152 Å². The Hall–Kier alpha value is -2.92. The number of carboxylic acids is 1. The van der Waals surface area contributed by atoms with E-state index in [2.05, 4.69) is 47.1 Å². The van der Waals surface area contributed by atoms with Gasteiger partial charge in [0.2, 0.25) is 0 Å². The topological polar surface area (TPSA) is 58.4 Å². The molecule has 1 aliphatic rings. The van der Waals surface area contributed by atoms with E-state index < -0.39 is 5.97 Å². The molecule has 0 radical (unpaired) electrons. The zero-order valence-electron chi connectivity index (χ0n) is 14.7. The van der Waals surface area contributed by atoms with Crippen LogP contribution in [0.5, 0.6) is 0 Å². The maximum Gasteiger partial charge on any atom is 0.335 e. The number of hydrogen-bond acceptors (Lipinski definition) is 3. The lowest BCUT2D eigenvalue weighted by molar-refractivity contribution is 0.0697. The standard InChI is InChI=1S/C21H21N3O2/c1-2-23-10-8-15(9-11-23)16-4-3-5-18(12-16)24-14-22-19-13-17(21(25)26)6-7-20(19)24/h3-8,12-14H,2,9-11H2,1H3,(H,25,26). The molecule has 1 N–H and O–H groups in total. The van der Waals surface area contributed by atoms with Gasteiger partial charge in [-0.15, -0.1) is 0 Å². The maximum absolute atomic E-state index is 11.1. The summed E-state index contributed by atoms with van der Waals surface area (Å²) in [6.45, 7) is 5.38. The highest BCUT2D eigenvalue weighted by Crippen LogP contribution is 2.26. The van der Waals surface area contributed by atoms with Gasteiger partial charge in [0.1, 0.15) is 6.33 Å². The fourth-order valence-corrected chi connectivity index (χ4v) is 3.47. The minimum absolute atomic E-state index is 0.254. The van der Waals surface area contributed by atoms with E-state index in [0.29, 0.717) is 5.52 Å². The zero-order chi connectivity index (χ0) is 18.1. The van der Waals surface area contributed by atoms with Crippen LogP contribution in [0.3, 0.4) is 0 Å². The van der Waals surface area contributed by atoms with Crippen molar-refractivity contribution in [3.05, 3.63) is 66.0 Å². The van der Waals surface area contributed by atoms with E-state index >= 15 is 0 Å². The molecule has 0 saturated heterocycles. The Morgan fingerprint density at radius 3 is 2.85 bits per heavy atom. The summed E-state index contributed by atoms with van der Waals surface area (Å²) in [5, 5.41) is 9.14. The monoisotopic (exact) mass is 347 g/mol. The molecule has 4 rings (SSSR count). The minimum Gasteiger partial charge on any atom is -0.478 e. The van der Waals surface area contributed by atoms with E-state index in [4.69, 9.17) is 5.11 Å². The lowest BCUT2D eigenvalue weighted by atomic mass is 9.99. The van der Waals surface area contributed by atoms with Crippen molar-refractivity contribution in [1.29, 1.82) is 0 Å². The predicted molar refractivity (Wildman–Crippen MR) is 103 cm³/mol. The molecule has 0 amide bonds. The van der Waals surface area contributed by atoms with Crippen LogP contribution in [0.25, 0.3) is 22.3 Å². The van der Waals surface area contributed by atoms with Gasteiger partial charge in [0.25, 0.3) is 0 Å². The quantitative estimate of drug-likeness (QED) is 0.779. The van der Waals surface area contributed by atoms with Crippen LogP contribution in [-0.2, 0) is 0 Å². The van der Waals surface area contributed by atoms with Crippen molar-refractivity contribution in [2.24, 2.45) is 0 Å². The van der Waals surface area contributed by atoms with Crippen LogP contribution in [0, 0.1) is 0 Å². The molecule has 0 aliphatic carbocycles. The second kappa shape index (κ2) is 6.77. The van der Waals surface area contributed by atoms with E-state index in [9.17, 15) is 4.79 Å². The second-order valence-electron chi connectivity index (χ2n) is 6.55. The minimum atomic E-state index is -0.936. The van der Waals surface area contributed by atoms with Crippen LogP contribution >= 0.6 is 0 Å². The van der Waals surface area contributed by atoms with Crippen molar-refractivity contribution in [3.8, 4) is 5.69 Å². The number of imidazole rings is 1. The van der Waals surface area contributed by atoms with Crippen LogP contribution in [0.4, 0.5) is 0 Å². The summed E-state index contributed by atoms with van der Waals surface area (Å²) in [7, 11) is 0. The fourth-order valence-electron chi connectivity index (χ4n) is 3.47. The van der Waals surface area contributed by atoms with Crippen molar-refractivity contribution in [1.82, 2.24) is 14.5 Å². The molecule has 0 bridgehead atoms. The first-order valence-corrected chi connectivity index (χ1v) is 8.88. The molecule has 1 aliphatic heterocycles. The number of aromatic carboxylic acids is 1. The van der Waals surface area contributed by atoms with Crippen LogP contribution in [0.1, 0.15) is 29.3 Å². The van der Waals surface area contributed by atoms with Crippen LogP contribution in [0.2, 0.25) is 0 Å². The first-order valence-electron chi connectivity index (χ1n) is 8.88. The Morgan fingerprint density at radius 1 is 1.23 bits per heavy atom. The van der Waals surface area contributed by atoms with Crippen molar-refractivity contribution >= 4 is 22.6 Å². The molecule has 0 unspecified atom stereocenters. The number of nitrogens with zero attached hydrogens (tertiary/aromatic N) is 3. The van der Waals surface area contributed by atoms with E-state index in [1.165, 1.54) is 11.1 Å². The first-order chi connectivity index (χ1) is 12.7. The molecule has 5 heteroatoms. The van der Waals surface area contributed by atoms with Gasteiger partial charge in [0.15, 0.2) is 0 Å². The third-order valence-electron chi connectivity index (χ3n) is 5.03. The first kappa shape index (κ1) is 16.5. The predicted octanol–water partition coefficient (Wildman–Crippen LogP) is 3.83. The zero-order valence-corrected chi connectivity index (χ0v) is 14.7. The van der Waals surface area contributed by atoms with E-state index in [0.717, 1.165) is 37.3 Å². The number of fused-ring (bicyclic) bond motifs is 1. The molecule has 0 fully saturated rings. The average Bonchev–Trinajstić information content (AvgIpc) is 3.11. The molecule has 0 atom stereocenters. The molecule has 132 valence electrons. The average molecular weight is 347 g/mol. The molecule has 5 nitrogen and oxygen atoms in total. The summed E-state index contributed by atoms with van der Waals surface area (Å²) >= 11 is 0. The van der Waals surface area contributed by atoms with Gasteiger partial charge in [-0.2, -0.15) is 0 Å². The number of carbonyl (C=O) groups is 1. The van der Waals surface area contributed by atoms with Crippen LogP contribution < -0.4 is 0 Å². The maximum atomic E-state index is 11.1. The van der Waals surface area contributed by atoms with Crippen molar-refractivity contribution in [2.75, 3.05) is 19.6 Å². The molecule has 1 aromatic heterocycles. The molecule has 0 spiro atoms. The summed E-state index contributed by atoms with van der Waals surface area (Å²) < 4.78 is 2.01. The van der Waals surface area contributed by atoms with Crippen molar-refractivity contribution in [2.45, 2.75) is 13.3 Å². The van der Waals surface area contributed by atoms with Crippen molar-refractivity contribution in [3.63, 3.8) is 0 Å². The highest BCUT2D eigenvalue weighted by atomic mass is 16.4. The smallest absolute Gasteiger partial charge is 0.335 e. The molecular weight excluding hydrogens is 326 g/mol. The highest BCUT2D eigenvalue weighted by Gasteiger charge is 2.13. The fraction of sp³-hybridized carbons (Fsp3) is 0.238. The summed E-state index contributed by atoms with van der Waals surface area (Å²) in [5.41, 5.74) is 5.50. The van der Waals surface area contributed by atoms with Gasteiger partial charge in [-0.3, -0.25) is 9.47 Å². The van der Waals surface area contributed by atoms with Gasteiger partial charge < -0.3 is 5.11 Å². The Morgan fingerprint density at radius 2 is 2.12 bits per heavy atom. The largest absolute Gasteiger partial charge is 0.478 e. The summed E-state index contributed by atoms with van der Waals surface area (Å²) in [6, 6.07) is 13.5. The SMILES string of the molecule is CCN1CC=C(c2cccc(-n3cnc4cc(C(=O)O)ccc43)c2)CC1.